The van der Waals surface area contributed by atoms with Crippen LogP contribution in [0.25, 0.3) is 0 Å². The monoisotopic (exact) mass is 319 g/mol. The van der Waals surface area contributed by atoms with Crippen molar-refractivity contribution in [3.8, 4) is 0 Å². The van der Waals surface area contributed by atoms with E-state index in [1.165, 1.54) is 18.2 Å². The van der Waals surface area contributed by atoms with Crippen molar-refractivity contribution in [3.05, 3.63) is 30.1 Å². The molecule has 6 nitrogen and oxygen atoms in total. The molecule has 0 atom stereocenters. The third-order valence-corrected chi connectivity index (χ3v) is 2.32. The maximum atomic E-state index is 12.9. The van der Waals surface area contributed by atoms with Crippen molar-refractivity contribution in [2.75, 3.05) is 38.7 Å². The fourth-order valence-corrected chi connectivity index (χ4v) is 1.39. The predicted molar refractivity (Wildman–Crippen MR) is 80.0 cm³/mol. The highest BCUT2D eigenvalue weighted by atomic mass is 35.5. The molecule has 2 amide bonds. The Balaban J connectivity index is 0.00000400. The first-order valence-corrected chi connectivity index (χ1v) is 6.13. The third kappa shape index (κ3) is 8.96. The number of methoxy groups -OCH3 is 1. The van der Waals surface area contributed by atoms with Crippen molar-refractivity contribution < 1.29 is 18.7 Å². The minimum atomic E-state index is -0.436. The SMILES string of the molecule is COCCNCC(=O)NCC(=O)Nc1cccc(F)c1.Cl. The van der Waals surface area contributed by atoms with Gasteiger partial charge in [-0.1, -0.05) is 6.07 Å². The van der Waals surface area contributed by atoms with E-state index in [1.807, 2.05) is 0 Å². The molecular weight excluding hydrogens is 301 g/mol. The molecule has 3 N–H and O–H groups in total. The first kappa shape index (κ1) is 19.3. The van der Waals surface area contributed by atoms with Crippen molar-refractivity contribution >= 4 is 29.9 Å². The normalized spacial score (nSPS) is 9.62. The number of halogens is 2. The number of carbonyl (C=O) groups is 2. The van der Waals surface area contributed by atoms with E-state index in [2.05, 4.69) is 16.0 Å². The van der Waals surface area contributed by atoms with E-state index in [-0.39, 0.29) is 31.4 Å². The lowest BCUT2D eigenvalue weighted by Gasteiger charge is -2.07. The molecule has 0 saturated carbocycles. The van der Waals surface area contributed by atoms with Gasteiger partial charge in [0.2, 0.25) is 11.8 Å². The van der Waals surface area contributed by atoms with E-state index >= 15 is 0 Å². The molecule has 0 unspecified atom stereocenters. The lowest BCUT2D eigenvalue weighted by molar-refractivity contribution is -0.123. The smallest absolute Gasteiger partial charge is 0.243 e. The zero-order valence-corrected chi connectivity index (χ0v) is 12.5. The van der Waals surface area contributed by atoms with Crippen molar-refractivity contribution in [2.45, 2.75) is 0 Å². The van der Waals surface area contributed by atoms with Gasteiger partial charge in [-0.2, -0.15) is 0 Å². The Labute approximate surface area is 128 Å². The summed E-state index contributed by atoms with van der Waals surface area (Å²) in [6, 6.07) is 5.54. The molecule has 0 fully saturated rings. The predicted octanol–water partition coefficient (Wildman–Crippen LogP) is 0.538. The largest absolute Gasteiger partial charge is 0.383 e. The van der Waals surface area contributed by atoms with E-state index in [0.29, 0.717) is 18.8 Å². The molecule has 1 aromatic rings. The Hall–Kier alpha value is -1.70. The van der Waals surface area contributed by atoms with Gasteiger partial charge >= 0.3 is 0 Å². The Morgan fingerprint density at radius 3 is 2.67 bits per heavy atom. The average molecular weight is 320 g/mol. The average Bonchev–Trinajstić information content (AvgIpc) is 2.41. The van der Waals surface area contributed by atoms with E-state index < -0.39 is 11.7 Å². The Morgan fingerprint density at radius 1 is 1.24 bits per heavy atom. The van der Waals surface area contributed by atoms with Crippen LogP contribution in [0.3, 0.4) is 0 Å². The minimum Gasteiger partial charge on any atom is -0.383 e. The second kappa shape index (κ2) is 11.0. The fourth-order valence-electron chi connectivity index (χ4n) is 1.39. The highest BCUT2D eigenvalue weighted by molar-refractivity contribution is 5.94. The number of amides is 2. The molecule has 0 aliphatic carbocycles. The molecule has 0 spiro atoms. The van der Waals surface area contributed by atoms with Crippen molar-refractivity contribution in [1.29, 1.82) is 0 Å². The van der Waals surface area contributed by atoms with Crippen LogP contribution in [0.4, 0.5) is 10.1 Å². The Morgan fingerprint density at radius 2 is 2.00 bits per heavy atom. The molecule has 0 aliphatic rings. The summed E-state index contributed by atoms with van der Waals surface area (Å²) in [6.07, 6.45) is 0. The van der Waals surface area contributed by atoms with E-state index in [0.717, 1.165) is 0 Å². The van der Waals surface area contributed by atoms with Crippen LogP contribution < -0.4 is 16.0 Å². The zero-order chi connectivity index (χ0) is 14.8. The summed E-state index contributed by atoms with van der Waals surface area (Å²) in [5.74, 6) is -1.15. The number of anilines is 1. The van der Waals surface area contributed by atoms with Crippen LogP contribution in [0, 0.1) is 5.82 Å². The number of benzene rings is 1. The minimum absolute atomic E-state index is 0. The lowest BCUT2D eigenvalue weighted by Crippen LogP contribution is -2.39. The molecule has 118 valence electrons. The standard InChI is InChI=1S/C13H18FN3O3.ClH/c1-20-6-5-15-8-12(18)16-9-13(19)17-11-4-2-3-10(14)7-11;/h2-4,7,15H,5-6,8-9H2,1H3,(H,16,18)(H,17,19);1H. The number of hydrogen-bond donors (Lipinski definition) is 3. The molecule has 0 bridgehead atoms. The van der Waals surface area contributed by atoms with Crippen LogP contribution in [0.1, 0.15) is 0 Å². The van der Waals surface area contributed by atoms with Crippen molar-refractivity contribution in [2.24, 2.45) is 0 Å². The van der Waals surface area contributed by atoms with Crippen LogP contribution in [0.5, 0.6) is 0 Å². The Bertz CT molecular complexity index is 460. The summed E-state index contributed by atoms with van der Waals surface area (Å²) in [6.45, 7) is 1.00. The molecule has 0 saturated heterocycles. The van der Waals surface area contributed by atoms with Crippen LogP contribution in [-0.4, -0.2) is 45.2 Å². The zero-order valence-electron chi connectivity index (χ0n) is 11.6. The van der Waals surface area contributed by atoms with Gasteiger partial charge in [0, 0.05) is 19.3 Å². The van der Waals surface area contributed by atoms with Gasteiger partial charge in [-0.05, 0) is 18.2 Å². The Kier molecular flexibility index (Phi) is 10.1. The molecular formula is C13H19ClFN3O3. The summed E-state index contributed by atoms with van der Waals surface area (Å²) in [5.41, 5.74) is 0.350. The summed E-state index contributed by atoms with van der Waals surface area (Å²) >= 11 is 0. The van der Waals surface area contributed by atoms with Crippen LogP contribution in [-0.2, 0) is 14.3 Å². The van der Waals surface area contributed by atoms with Gasteiger partial charge in [-0.15, -0.1) is 12.4 Å². The summed E-state index contributed by atoms with van der Waals surface area (Å²) in [7, 11) is 1.57. The quantitative estimate of drug-likeness (QED) is 0.611. The fraction of sp³-hybridized carbons (Fsp3) is 0.385. The lowest BCUT2D eigenvalue weighted by atomic mass is 10.3. The van der Waals surface area contributed by atoms with Gasteiger partial charge in [0.25, 0.3) is 0 Å². The van der Waals surface area contributed by atoms with E-state index in [4.69, 9.17) is 4.74 Å². The highest BCUT2D eigenvalue weighted by Gasteiger charge is 2.06. The number of carbonyl (C=O) groups excluding carboxylic acids is 2. The van der Waals surface area contributed by atoms with Gasteiger partial charge in [-0.3, -0.25) is 9.59 Å². The second-order valence-corrected chi connectivity index (χ2v) is 4.00. The van der Waals surface area contributed by atoms with Crippen LogP contribution in [0.15, 0.2) is 24.3 Å². The number of rotatable bonds is 8. The second-order valence-electron chi connectivity index (χ2n) is 4.00. The van der Waals surface area contributed by atoms with Gasteiger partial charge in [0.15, 0.2) is 0 Å². The topological polar surface area (TPSA) is 79.5 Å². The first-order chi connectivity index (χ1) is 9.61. The molecule has 1 aromatic carbocycles. The van der Waals surface area contributed by atoms with Crippen molar-refractivity contribution in [3.63, 3.8) is 0 Å². The highest BCUT2D eigenvalue weighted by Crippen LogP contribution is 2.08. The van der Waals surface area contributed by atoms with Gasteiger partial charge in [0.1, 0.15) is 5.82 Å². The molecule has 0 aliphatic heterocycles. The summed E-state index contributed by atoms with van der Waals surface area (Å²) < 4.78 is 17.7. The van der Waals surface area contributed by atoms with Crippen molar-refractivity contribution in [1.82, 2.24) is 10.6 Å². The van der Waals surface area contributed by atoms with Gasteiger partial charge < -0.3 is 20.7 Å². The van der Waals surface area contributed by atoms with Gasteiger partial charge in [-0.25, -0.2) is 4.39 Å². The summed E-state index contributed by atoms with van der Waals surface area (Å²) in [4.78, 5) is 22.9. The number of nitrogens with one attached hydrogen (secondary N) is 3. The third-order valence-electron chi connectivity index (χ3n) is 2.32. The molecule has 21 heavy (non-hydrogen) atoms. The molecule has 0 radical (unpaired) electrons. The maximum Gasteiger partial charge on any atom is 0.243 e. The van der Waals surface area contributed by atoms with E-state index in [1.54, 1.807) is 13.2 Å². The van der Waals surface area contributed by atoms with Crippen LogP contribution >= 0.6 is 12.4 Å². The number of ether oxygens (including phenoxy) is 1. The number of hydrogen-bond acceptors (Lipinski definition) is 4. The first-order valence-electron chi connectivity index (χ1n) is 6.13. The molecule has 0 aromatic heterocycles. The van der Waals surface area contributed by atoms with Gasteiger partial charge in [0.05, 0.1) is 19.7 Å². The molecule has 8 heteroatoms. The van der Waals surface area contributed by atoms with E-state index in [9.17, 15) is 14.0 Å². The molecule has 0 heterocycles. The maximum absolute atomic E-state index is 12.9. The molecule has 1 rings (SSSR count). The summed E-state index contributed by atoms with van der Waals surface area (Å²) in [5, 5.41) is 7.78. The van der Waals surface area contributed by atoms with Crippen LogP contribution in [0.2, 0.25) is 0 Å².